The van der Waals surface area contributed by atoms with Gasteiger partial charge < -0.3 is 10.2 Å². The molecule has 1 aliphatic rings. The molecule has 1 saturated heterocycles. The molecule has 6 nitrogen and oxygen atoms in total. The van der Waals surface area contributed by atoms with Crippen LogP contribution in [-0.4, -0.2) is 40.6 Å². The van der Waals surface area contributed by atoms with Crippen LogP contribution in [0.1, 0.15) is 12.8 Å². The van der Waals surface area contributed by atoms with Gasteiger partial charge in [0.05, 0.1) is 4.90 Å². The van der Waals surface area contributed by atoms with Crippen molar-refractivity contribution in [3.8, 4) is 11.8 Å². The maximum absolute atomic E-state index is 12.7. The second kappa shape index (κ2) is 6.25. The van der Waals surface area contributed by atoms with Crippen molar-refractivity contribution in [2.45, 2.75) is 24.3 Å². The molecule has 1 aliphatic heterocycles. The lowest BCUT2D eigenvalue weighted by atomic mass is 10.00. The van der Waals surface area contributed by atoms with Crippen LogP contribution in [-0.2, 0) is 16.6 Å². The topological polar surface area (TPSA) is 82.8 Å². The zero-order valence-corrected chi connectivity index (χ0v) is 13.5. The van der Waals surface area contributed by atoms with Crippen molar-refractivity contribution in [2.75, 3.05) is 13.1 Å². The zero-order chi connectivity index (χ0) is 16.4. The predicted octanol–water partition coefficient (Wildman–Crippen LogP) is 2.00. The van der Waals surface area contributed by atoms with Crippen LogP contribution in [0.3, 0.4) is 0 Å². The lowest BCUT2D eigenvalue weighted by molar-refractivity contribution is 0.231. The monoisotopic (exact) mass is 336 g/mol. The first-order valence-corrected chi connectivity index (χ1v) is 9.05. The first-order valence-electron chi connectivity index (χ1n) is 7.61. The molecule has 3 rings (SSSR count). The van der Waals surface area contributed by atoms with Gasteiger partial charge in [0.15, 0.2) is 11.8 Å². The van der Waals surface area contributed by atoms with E-state index in [2.05, 4.69) is 0 Å². The Morgan fingerprint density at radius 3 is 2.35 bits per heavy atom. The van der Waals surface area contributed by atoms with Gasteiger partial charge in [-0.25, -0.2) is 8.42 Å². The summed E-state index contributed by atoms with van der Waals surface area (Å²) in [6.45, 7) is 1.27. The summed E-state index contributed by atoms with van der Waals surface area (Å²) in [5.41, 5.74) is 0. The Morgan fingerprint density at radius 2 is 1.70 bits per heavy atom. The lowest BCUT2D eigenvalue weighted by Crippen LogP contribution is -2.41. The van der Waals surface area contributed by atoms with E-state index in [0.29, 0.717) is 24.5 Å². The summed E-state index contributed by atoms with van der Waals surface area (Å²) in [6, 6.07) is 11.3. The highest BCUT2D eigenvalue weighted by molar-refractivity contribution is 7.89. The average molecular weight is 336 g/mol. The second-order valence-corrected chi connectivity index (χ2v) is 7.78. The van der Waals surface area contributed by atoms with Gasteiger partial charge in [0, 0.05) is 31.8 Å². The maximum atomic E-state index is 12.7. The van der Waals surface area contributed by atoms with E-state index >= 15 is 0 Å². The number of sulfonamides is 1. The number of nitrogens with zero attached hydrogens (tertiary/aromatic N) is 2. The van der Waals surface area contributed by atoms with E-state index in [4.69, 9.17) is 0 Å². The summed E-state index contributed by atoms with van der Waals surface area (Å²) in [6.07, 6.45) is 1.62. The smallest absolute Gasteiger partial charge is 0.243 e. The molecule has 0 radical (unpaired) electrons. The van der Waals surface area contributed by atoms with Crippen molar-refractivity contribution in [2.24, 2.45) is 5.92 Å². The number of benzene rings is 1. The van der Waals surface area contributed by atoms with Gasteiger partial charge in [-0.1, -0.05) is 18.2 Å². The third-order valence-corrected chi connectivity index (χ3v) is 6.12. The molecule has 2 heterocycles. The molecule has 1 atom stereocenters. The number of aromatic hydroxyl groups is 2. The average Bonchev–Trinajstić information content (AvgIpc) is 2.88. The summed E-state index contributed by atoms with van der Waals surface area (Å²) in [5.74, 6) is 0.0301. The van der Waals surface area contributed by atoms with Gasteiger partial charge in [0.1, 0.15) is 0 Å². The number of rotatable bonds is 4. The molecular formula is C16H20N2O4S. The van der Waals surface area contributed by atoms with Crippen molar-refractivity contribution < 1.29 is 18.6 Å². The van der Waals surface area contributed by atoms with E-state index in [1.165, 1.54) is 21.0 Å². The largest absolute Gasteiger partial charge is 0.494 e. The standard InChI is InChI=1S/C16H20N2O4S/c19-15-8-9-16(20)18(15)12-13-5-4-10-17(11-13)23(21,22)14-6-2-1-3-7-14/h1-3,6-9,13,19-20H,4-5,10-12H2. The highest BCUT2D eigenvalue weighted by atomic mass is 32.2. The molecule has 1 aromatic heterocycles. The number of aromatic nitrogens is 1. The molecule has 7 heteroatoms. The third-order valence-electron chi connectivity index (χ3n) is 4.24. The van der Waals surface area contributed by atoms with Crippen LogP contribution in [0.4, 0.5) is 0 Å². The fraction of sp³-hybridized carbons (Fsp3) is 0.375. The highest BCUT2D eigenvalue weighted by Crippen LogP contribution is 2.28. The van der Waals surface area contributed by atoms with Crippen LogP contribution < -0.4 is 0 Å². The molecule has 23 heavy (non-hydrogen) atoms. The molecule has 124 valence electrons. The molecular weight excluding hydrogens is 316 g/mol. The molecule has 0 bridgehead atoms. The summed E-state index contributed by atoms with van der Waals surface area (Å²) >= 11 is 0. The van der Waals surface area contributed by atoms with Gasteiger partial charge in [0.25, 0.3) is 0 Å². The Kier molecular flexibility index (Phi) is 4.32. The minimum absolute atomic E-state index is 0.00876. The van der Waals surface area contributed by atoms with E-state index in [1.54, 1.807) is 30.3 Å². The van der Waals surface area contributed by atoms with Crippen LogP contribution in [0.2, 0.25) is 0 Å². The van der Waals surface area contributed by atoms with Gasteiger partial charge >= 0.3 is 0 Å². The normalized spacial score (nSPS) is 19.7. The second-order valence-electron chi connectivity index (χ2n) is 5.84. The Morgan fingerprint density at radius 1 is 1.04 bits per heavy atom. The van der Waals surface area contributed by atoms with E-state index in [-0.39, 0.29) is 17.7 Å². The summed E-state index contributed by atoms with van der Waals surface area (Å²) in [5, 5.41) is 19.5. The first-order chi connectivity index (χ1) is 11.0. The van der Waals surface area contributed by atoms with Crippen molar-refractivity contribution in [1.29, 1.82) is 0 Å². The number of hydrogen-bond acceptors (Lipinski definition) is 4. The highest BCUT2D eigenvalue weighted by Gasteiger charge is 2.30. The molecule has 1 unspecified atom stereocenters. The molecule has 0 saturated carbocycles. The Labute approximate surface area is 135 Å². The van der Waals surface area contributed by atoms with Gasteiger partial charge in [0.2, 0.25) is 10.0 Å². The lowest BCUT2D eigenvalue weighted by Gasteiger charge is -2.32. The molecule has 2 aromatic rings. The Bertz CT molecular complexity index is 751. The van der Waals surface area contributed by atoms with E-state index in [0.717, 1.165) is 12.8 Å². The number of piperidine rings is 1. The van der Waals surface area contributed by atoms with Crippen LogP contribution in [0.5, 0.6) is 11.8 Å². The van der Waals surface area contributed by atoms with Crippen LogP contribution in [0.25, 0.3) is 0 Å². The number of hydrogen-bond donors (Lipinski definition) is 2. The maximum Gasteiger partial charge on any atom is 0.243 e. The van der Waals surface area contributed by atoms with Crippen LogP contribution >= 0.6 is 0 Å². The molecule has 1 aromatic carbocycles. The summed E-state index contributed by atoms with van der Waals surface area (Å²) in [7, 11) is -3.50. The molecule has 0 amide bonds. The van der Waals surface area contributed by atoms with Crippen molar-refractivity contribution in [1.82, 2.24) is 8.87 Å². The van der Waals surface area contributed by atoms with E-state index in [1.807, 2.05) is 0 Å². The van der Waals surface area contributed by atoms with Gasteiger partial charge in [-0.3, -0.25) is 4.57 Å². The minimum atomic E-state index is -3.50. The molecule has 0 aliphatic carbocycles. The SMILES string of the molecule is O=S(=O)(c1ccccc1)N1CCCC(Cn2c(O)ccc2O)C1. The van der Waals surface area contributed by atoms with Crippen LogP contribution in [0, 0.1) is 5.92 Å². The quantitative estimate of drug-likeness (QED) is 0.894. The Hall–Kier alpha value is -1.99. The molecule has 2 N–H and O–H groups in total. The fourth-order valence-electron chi connectivity index (χ4n) is 3.03. The minimum Gasteiger partial charge on any atom is -0.494 e. The van der Waals surface area contributed by atoms with Crippen LogP contribution in [0.15, 0.2) is 47.4 Å². The third kappa shape index (κ3) is 3.20. The van der Waals surface area contributed by atoms with Gasteiger partial charge in [-0.2, -0.15) is 4.31 Å². The first kappa shape index (κ1) is 15.9. The molecule has 1 fully saturated rings. The van der Waals surface area contributed by atoms with Crippen molar-refractivity contribution >= 4 is 10.0 Å². The fourth-order valence-corrected chi connectivity index (χ4v) is 4.60. The van der Waals surface area contributed by atoms with Crippen molar-refractivity contribution in [3.63, 3.8) is 0 Å². The summed E-state index contributed by atoms with van der Waals surface area (Å²) < 4.78 is 28.3. The van der Waals surface area contributed by atoms with E-state index < -0.39 is 10.0 Å². The van der Waals surface area contributed by atoms with Gasteiger partial charge in [-0.05, 0) is 30.9 Å². The molecule has 0 spiro atoms. The zero-order valence-electron chi connectivity index (χ0n) is 12.7. The van der Waals surface area contributed by atoms with Crippen molar-refractivity contribution in [3.05, 3.63) is 42.5 Å². The predicted molar refractivity (Wildman–Crippen MR) is 85.7 cm³/mol. The van der Waals surface area contributed by atoms with Gasteiger partial charge in [-0.15, -0.1) is 0 Å². The van der Waals surface area contributed by atoms with E-state index in [9.17, 15) is 18.6 Å². The Balaban J connectivity index is 1.76. The summed E-state index contributed by atoms with van der Waals surface area (Å²) in [4.78, 5) is 0.298.